The number of rotatable bonds is 6. The Bertz CT molecular complexity index is 1120. The first-order chi connectivity index (χ1) is 14.8. The molecule has 0 saturated carbocycles. The second kappa shape index (κ2) is 8.33. The Hall–Kier alpha value is -2.29. The van der Waals surface area contributed by atoms with Crippen LogP contribution in [-0.4, -0.2) is 26.7 Å². The summed E-state index contributed by atoms with van der Waals surface area (Å²) in [5.41, 5.74) is -0.118. The highest BCUT2D eigenvalue weighted by Gasteiger charge is 2.52. The Morgan fingerprint density at radius 2 is 0.968 bits per heavy atom. The van der Waals surface area contributed by atoms with E-state index in [1.807, 2.05) is 113 Å². The van der Waals surface area contributed by atoms with Crippen molar-refractivity contribution in [2.45, 2.75) is 38.8 Å². The first kappa shape index (κ1) is 21.9. The van der Waals surface area contributed by atoms with Gasteiger partial charge in [0.05, 0.1) is 0 Å². The summed E-state index contributed by atoms with van der Waals surface area (Å²) in [6.07, 6.45) is 0. The second-order valence-electron chi connectivity index (χ2n) is 8.86. The van der Waals surface area contributed by atoms with Crippen LogP contribution in [0.4, 0.5) is 0 Å². The largest absolute Gasteiger partial charge is 0.411 e. The molecule has 3 nitrogen and oxygen atoms in total. The fourth-order valence-electron chi connectivity index (χ4n) is 4.44. The molecule has 0 aromatic heterocycles. The first-order valence-electron chi connectivity index (χ1n) is 10.9. The summed E-state index contributed by atoms with van der Waals surface area (Å²) in [7, 11) is -7.05. The van der Waals surface area contributed by atoms with Crippen LogP contribution in [0.2, 0.25) is 11.1 Å². The van der Waals surface area contributed by atoms with Crippen LogP contribution in [0.5, 0.6) is 0 Å². The fraction of sp³-hybridized carbons (Fsp3) is 0.231. The van der Waals surface area contributed by atoms with Gasteiger partial charge in [0.1, 0.15) is 0 Å². The molecule has 0 unspecified atom stereocenters. The van der Waals surface area contributed by atoms with E-state index in [-0.39, 0.29) is 11.1 Å². The minimum atomic E-state index is -3.78. The van der Waals surface area contributed by atoms with Gasteiger partial charge in [-0.1, -0.05) is 113 Å². The van der Waals surface area contributed by atoms with Crippen molar-refractivity contribution in [2.75, 3.05) is 0 Å². The van der Waals surface area contributed by atoms with E-state index in [1.165, 1.54) is 0 Å². The average molecular weight is 447 g/mol. The summed E-state index contributed by atoms with van der Waals surface area (Å²) < 4.78 is 6.73. The third-order valence-electron chi connectivity index (χ3n) is 6.28. The molecule has 0 bridgehead atoms. The predicted octanol–water partition coefficient (Wildman–Crippen LogP) is 4.81. The summed E-state index contributed by atoms with van der Waals surface area (Å²) in [4.78, 5) is 24.3. The molecule has 0 atom stereocenters. The van der Waals surface area contributed by atoms with Gasteiger partial charge < -0.3 is 13.7 Å². The molecule has 0 spiro atoms. The van der Waals surface area contributed by atoms with Crippen molar-refractivity contribution in [2.24, 2.45) is 0 Å². The van der Waals surface area contributed by atoms with E-state index in [9.17, 15) is 9.59 Å². The van der Waals surface area contributed by atoms with Gasteiger partial charge in [0, 0.05) is 10.4 Å². The van der Waals surface area contributed by atoms with E-state index >= 15 is 0 Å². The van der Waals surface area contributed by atoms with Crippen molar-refractivity contribution in [1.82, 2.24) is 0 Å². The predicted molar refractivity (Wildman–Crippen MR) is 134 cm³/mol. The normalized spacial score (nSPS) is 12.9. The van der Waals surface area contributed by atoms with Gasteiger partial charge in [-0.15, -0.1) is 0 Å². The van der Waals surface area contributed by atoms with Crippen molar-refractivity contribution in [3.05, 3.63) is 84.9 Å². The molecule has 0 radical (unpaired) electrons. The van der Waals surface area contributed by atoms with Crippen molar-refractivity contribution >= 4 is 49.0 Å². The third-order valence-corrected chi connectivity index (χ3v) is 14.4. The molecular weight excluding hydrogens is 416 g/mol. The van der Waals surface area contributed by atoms with Crippen LogP contribution < -0.4 is 10.4 Å². The molecule has 5 heteroatoms. The highest BCUT2D eigenvalue weighted by molar-refractivity contribution is 6.99. The number of hydrogen-bond acceptors (Lipinski definition) is 3. The monoisotopic (exact) mass is 446 g/mol. The Labute approximate surface area is 186 Å². The van der Waals surface area contributed by atoms with Crippen LogP contribution >= 0.6 is 0 Å². The lowest BCUT2D eigenvalue weighted by Crippen LogP contribution is -2.68. The summed E-state index contributed by atoms with van der Waals surface area (Å²) in [6, 6.07) is 28.1. The fourth-order valence-corrected chi connectivity index (χ4v) is 12.5. The van der Waals surface area contributed by atoms with Gasteiger partial charge in [0.25, 0.3) is 0 Å². The molecular formula is C26H30O3Si2. The van der Waals surface area contributed by atoms with Crippen molar-refractivity contribution in [3.63, 3.8) is 0 Å². The molecule has 160 valence electrons. The lowest BCUT2D eigenvalue weighted by molar-refractivity contribution is 0.298. The minimum Gasteiger partial charge on any atom is -0.411 e. The van der Waals surface area contributed by atoms with Gasteiger partial charge in [-0.25, -0.2) is 0 Å². The zero-order valence-corrected chi connectivity index (χ0v) is 20.5. The molecule has 4 aromatic carbocycles. The first-order valence-corrected chi connectivity index (χ1v) is 14.8. The second-order valence-corrected chi connectivity index (χ2v) is 15.9. The topological polar surface area (TPSA) is 49.7 Å². The SMILES string of the molecule is CC(C)[Si](O)(O[Si](O)(c1cccc2ccccc12)c1cccc2ccccc12)C(C)C. The van der Waals surface area contributed by atoms with Gasteiger partial charge in [-0.05, 0) is 32.6 Å². The lowest BCUT2D eigenvalue weighted by Gasteiger charge is -2.40. The number of benzene rings is 4. The van der Waals surface area contributed by atoms with Gasteiger partial charge >= 0.3 is 17.1 Å². The van der Waals surface area contributed by atoms with Crippen LogP contribution in [0.3, 0.4) is 0 Å². The molecule has 0 heterocycles. The summed E-state index contributed by atoms with van der Waals surface area (Å²) >= 11 is 0. The molecule has 0 saturated heterocycles. The van der Waals surface area contributed by atoms with E-state index in [4.69, 9.17) is 4.12 Å². The maximum Gasteiger partial charge on any atom is 0.396 e. The van der Waals surface area contributed by atoms with Gasteiger partial charge in [-0.3, -0.25) is 0 Å². The lowest BCUT2D eigenvalue weighted by atomic mass is 10.1. The highest BCUT2D eigenvalue weighted by Crippen LogP contribution is 2.34. The zero-order valence-electron chi connectivity index (χ0n) is 18.5. The highest BCUT2D eigenvalue weighted by atomic mass is 28.5. The van der Waals surface area contributed by atoms with E-state index in [2.05, 4.69) is 0 Å². The molecule has 0 aliphatic heterocycles. The van der Waals surface area contributed by atoms with Crippen molar-refractivity contribution in [1.29, 1.82) is 0 Å². The molecule has 0 aliphatic carbocycles. The van der Waals surface area contributed by atoms with Crippen LogP contribution in [0.1, 0.15) is 27.7 Å². The number of fused-ring (bicyclic) bond motifs is 2. The Kier molecular flexibility index (Phi) is 5.90. The third kappa shape index (κ3) is 3.77. The molecule has 2 N–H and O–H groups in total. The molecule has 4 rings (SSSR count). The van der Waals surface area contributed by atoms with E-state index in [0.29, 0.717) is 0 Å². The zero-order chi connectivity index (χ0) is 22.2. The van der Waals surface area contributed by atoms with Gasteiger partial charge in [0.15, 0.2) is 0 Å². The average Bonchev–Trinajstić information content (AvgIpc) is 2.77. The van der Waals surface area contributed by atoms with Gasteiger partial charge in [-0.2, -0.15) is 0 Å². The summed E-state index contributed by atoms with van der Waals surface area (Å²) in [5, 5.41) is 5.61. The van der Waals surface area contributed by atoms with E-state index in [0.717, 1.165) is 31.9 Å². The van der Waals surface area contributed by atoms with Crippen molar-refractivity contribution in [3.8, 4) is 0 Å². The summed E-state index contributed by atoms with van der Waals surface area (Å²) in [6.45, 7) is 7.97. The standard InChI is InChI=1S/C26H30O3Si2/c1-19(2)30(27,20(3)4)29-31(28,25-17-9-13-21-11-5-7-15-23(21)25)26-18-10-14-22-12-6-8-16-24(22)26/h5-20,27-28H,1-4H3. The molecule has 0 fully saturated rings. The minimum absolute atomic E-state index is 0.0588. The van der Waals surface area contributed by atoms with E-state index in [1.54, 1.807) is 0 Å². The maximum absolute atomic E-state index is 12.6. The van der Waals surface area contributed by atoms with E-state index < -0.39 is 17.1 Å². The maximum atomic E-state index is 12.6. The molecule has 31 heavy (non-hydrogen) atoms. The quantitative estimate of drug-likeness (QED) is 0.418. The smallest absolute Gasteiger partial charge is 0.396 e. The van der Waals surface area contributed by atoms with Crippen LogP contribution in [0.15, 0.2) is 84.9 Å². The Morgan fingerprint density at radius 3 is 1.39 bits per heavy atom. The molecule has 0 aliphatic rings. The Balaban J connectivity index is 2.06. The summed E-state index contributed by atoms with van der Waals surface area (Å²) in [5.74, 6) is 0. The van der Waals surface area contributed by atoms with Crippen LogP contribution in [0, 0.1) is 0 Å². The van der Waals surface area contributed by atoms with Crippen LogP contribution in [0.25, 0.3) is 21.5 Å². The Morgan fingerprint density at radius 1 is 0.581 bits per heavy atom. The molecule has 0 amide bonds. The molecule has 4 aromatic rings. The van der Waals surface area contributed by atoms with Gasteiger partial charge in [0.2, 0.25) is 0 Å². The number of hydrogen-bond donors (Lipinski definition) is 2. The van der Waals surface area contributed by atoms with Crippen molar-refractivity contribution < 1.29 is 13.7 Å². The van der Waals surface area contributed by atoms with Crippen LogP contribution in [-0.2, 0) is 4.12 Å².